The smallest absolute Gasteiger partial charge is 0.292 e. The standard InChI is InChI=1S/C20H20N4O3/c1-20(2,3)15-8-10-16(11-9-15)22-13-14(12-21)19(25)23-17-6-4-5-7-18(17)24(26)27/h4-11,13,22H,1-3H3,(H,23,25)/b14-13-. The van der Waals surface area contributed by atoms with Gasteiger partial charge in [-0.05, 0) is 29.2 Å². The van der Waals surface area contributed by atoms with E-state index in [0.717, 1.165) is 5.56 Å². The van der Waals surface area contributed by atoms with Gasteiger partial charge in [0.1, 0.15) is 17.3 Å². The molecule has 0 heterocycles. The zero-order valence-corrected chi connectivity index (χ0v) is 15.3. The predicted octanol–water partition coefficient (Wildman–Crippen LogP) is 4.35. The number of anilines is 2. The van der Waals surface area contributed by atoms with Crippen LogP contribution >= 0.6 is 0 Å². The minimum Gasteiger partial charge on any atom is -0.360 e. The fraction of sp³-hybridized carbons (Fsp3) is 0.200. The highest BCUT2D eigenvalue weighted by Gasteiger charge is 2.17. The molecule has 0 unspecified atom stereocenters. The van der Waals surface area contributed by atoms with Gasteiger partial charge in [0.15, 0.2) is 0 Å². The number of nitro groups is 1. The summed E-state index contributed by atoms with van der Waals surface area (Å²) in [5, 5.41) is 25.5. The van der Waals surface area contributed by atoms with E-state index in [0.29, 0.717) is 5.69 Å². The number of hydrogen-bond donors (Lipinski definition) is 2. The van der Waals surface area contributed by atoms with Crippen molar-refractivity contribution < 1.29 is 9.72 Å². The van der Waals surface area contributed by atoms with Gasteiger partial charge >= 0.3 is 0 Å². The number of nitro benzene ring substituents is 1. The summed E-state index contributed by atoms with van der Waals surface area (Å²) >= 11 is 0. The van der Waals surface area contributed by atoms with Gasteiger partial charge in [-0.25, -0.2) is 0 Å². The molecule has 0 fully saturated rings. The quantitative estimate of drug-likeness (QED) is 0.355. The monoisotopic (exact) mass is 364 g/mol. The Morgan fingerprint density at radius 1 is 1.15 bits per heavy atom. The number of carbonyl (C=O) groups excluding carboxylic acids is 1. The summed E-state index contributed by atoms with van der Waals surface area (Å²) in [5.74, 6) is -0.731. The molecule has 7 heteroatoms. The largest absolute Gasteiger partial charge is 0.360 e. The maximum atomic E-state index is 12.3. The Bertz CT molecular complexity index is 919. The van der Waals surface area contributed by atoms with E-state index >= 15 is 0 Å². The van der Waals surface area contributed by atoms with Crippen molar-refractivity contribution in [3.63, 3.8) is 0 Å². The van der Waals surface area contributed by atoms with Crippen LogP contribution in [-0.4, -0.2) is 10.8 Å². The van der Waals surface area contributed by atoms with Crippen molar-refractivity contribution in [2.45, 2.75) is 26.2 Å². The first kappa shape index (κ1) is 19.7. The van der Waals surface area contributed by atoms with Gasteiger partial charge in [-0.1, -0.05) is 45.0 Å². The van der Waals surface area contributed by atoms with Crippen LogP contribution in [0.2, 0.25) is 0 Å². The molecule has 0 bridgehead atoms. The molecule has 1 amide bonds. The lowest BCUT2D eigenvalue weighted by Gasteiger charge is -2.19. The number of para-hydroxylation sites is 2. The third-order valence-electron chi connectivity index (χ3n) is 3.85. The zero-order valence-electron chi connectivity index (χ0n) is 15.3. The average molecular weight is 364 g/mol. The summed E-state index contributed by atoms with van der Waals surface area (Å²) in [6, 6.07) is 15.2. The molecule has 0 aliphatic rings. The SMILES string of the molecule is CC(C)(C)c1ccc(N/C=C(/C#N)C(=O)Nc2ccccc2[N+](=O)[O-])cc1. The van der Waals surface area contributed by atoms with Crippen molar-refractivity contribution in [1.82, 2.24) is 0 Å². The first-order valence-electron chi connectivity index (χ1n) is 8.24. The highest BCUT2D eigenvalue weighted by Crippen LogP contribution is 2.24. The fourth-order valence-corrected chi connectivity index (χ4v) is 2.30. The Balaban J connectivity index is 2.13. The summed E-state index contributed by atoms with van der Waals surface area (Å²) in [7, 11) is 0. The molecule has 2 rings (SSSR count). The second-order valence-corrected chi connectivity index (χ2v) is 6.87. The lowest BCUT2D eigenvalue weighted by Crippen LogP contribution is -2.15. The van der Waals surface area contributed by atoms with Crippen molar-refractivity contribution in [3.8, 4) is 6.07 Å². The molecular formula is C20H20N4O3. The number of amides is 1. The number of nitrogens with one attached hydrogen (secondary N) is 2. The normalized spacial score (nSPS) is 11.4. The highest BCUT2D eigenvalue weighted by molar-refractivity contribution is 6.07. The van der Waals surface area contributed by atoms with Gasteiger partial charge in [-0.3, -0.25) is 14.9 Å². The first-order chi connectivity index (χ1) is 12.7. The second kappa shape index (κ2) is 8.15. The third-order valence-corrected chi connectivity index (χ3v) is 3.85. The van der Waals surface area contributed by atoms with Gasteiger partial charge in [-0.15, -0.1) is 0 Å². The molecule has 2 aromatic carbocycles. The Morgan fingerprint density at radius 3 is 2.33 bits per heavy atom. The summed E-state index contributed by atoms with van der Waals surface area (Å²) in [5.41, 5.74) is 1.49. The number of nitriles is 1. The topological polar surface area (TPSA) is 108 Å². The Labute approximate surface area is 157 Å². The van der Waals surface area contributed by atoms with E-state index in [2.05, 4.69) is 31.4 Å². The molecule has 0 saturated carbocycles. The molecule has 0 atom stereocenters. The van der Waals surface area contributed by atoms with E-state index in [4.69, 9.17) is 0 Å². The maximum Gasteiger partial charge on any atom is 0.292 e. The summed E-state index contributed by atoms with van der Waals surface area (Å²) < 4.78 is 0. The molecular weight excluding hydrogens is 344 g/mol. The van der Waals surface area contributed by atoms with Crippen LogP contribution in [0.15, 0.2) is 60.3 Å². The Hall–Kier alpha value is -3.66. The van der Waals surface area contributed by atoms with E-state index in [9.17, 15) is 20.2 Å². The molecule has 0 spiro atoms. The van der Waals surface area contributed by atoms with E-state index in [-0.39, 0.29) is 22.4 Å². The van der Waals surface area contributed by atoms with E-state index in [1.807, 2.05) is 24.3 Å². The maximum absolute atomic E-state index is 12.3. The number of hydrogen-bond acceptors (Lipinski definition) is 5. The van der Waals surface area contributed by atoms with Crippen LogP contribution in [0.4, 0.5) is 17.1 Å². The number of nitrogens with zero attached hydrogens (tertiary/aromatic N) is 2. The average Bonchev–Trinajstić information content (AvgIpc) is 2.62. The Morgan fingerprint density at radius 2 is 1.78 bits per heavy atom. The molecule has 0 radical (unpaired) electrons. The minimum atomic E-state index is -0.731. The highest BCUT2D eigenvalue weighted by atomic mass is 16.6. The summed E-state index contributed by atoms with van der Waals surface area (Å²) in [6.45, 7) is 6.32. The summed E-state index contributed by atoms with van der Waals surface area (Å²) in [6.07, 6.45) is 1.27. The van der Waals surface area contributed by atoms with Crippen molar-refractivity contribution in [2.75, 3.05) is 10.6 Å². The van der Waals surface area contributed by atoms with Crippen LogP contribution in [0, 0.1) is 21.4 Å². The van der Waals surface area contributed by atoms with Gasteiger partial charge in [0.05, 0.1) is 4.92 Å². The molecule has 2 N–H and O–H groups in total. The van der Waals surface area contributed by atoms with Crippen LogP contribution in [0.25, 0.3) is 0 Å². The molecule has 138 valence electrons. The predicted molar refractivity (Wildman–Crippen MR) is 104 cm³/mol. The van der Waals surface area contributed by atoms with Gasteiger partial charge < -0.3 is 10.6 Å². The number of carbonyl (C=O) groups is 1. The molecule has 2 aromatic rings. The van der Waals surface area contributed by atoms with Gasteiger partial charge in [0.2, 0.25) is 0 Å². The molecule has 27 heavy (non-hydrogen) atoms. The lowest BCUT2D eigenvalue weighted by atomic mass is 9.87. The minimum absolute atomic E-state index is 0.0243. The van der Waals surface area contributed by atoms with Crippen LogP contribution in [0.3, 0.4) is 0 Å². The molecule has 0 aliphatic carbocycles. The molecule has 0 saturated heterocycles. The van der Waals surface area contributed by atoms with Gasteiger partial charge in [0.25, 0.3) is 11.6 Å². The number of rotatable bonds is 5. The first-order valence-corrected chi connectivity index (χ1v) is 8.24. The number of benzene rings is 2. The van der Waals surface area contributed by atoms with E-state index in [1.165, 1.54) is 24.4 Å². The van der Waals surface area contributed by atoms with Crippen molar-refractivity contribution in [2.24, 2.45) is 0 Å². The second-order valence-electron chi connectivity index (χ2n) is 6.87. The van der Waals surface area contributed by atoms with Crippen LogP contribution in [-0.2, 0) is 10.2 Å². The molecule has 0 aromatic heterocycles. The van der Waals surface area contributed by atoms with Crippen molar-refractivity contribution in [1.29, 1.82) is 5.26 Å². The fourth-order valence-electron chi connectivity index (χ4n) is 2.30. The lowest BCUT2D eigenvalue weighted by molar-refractivity contribution is -0.383. The molecule has 7 nitrogen and oxygen atoms in total. The van der Waals surface area contributed by atoms with Gasteiger partial charge in [0, 0.05) is 18.0 Å². The van der Waals surface area contributed by atoms with E-state index in [1.54, 1.807) is 12.1 Å². The van der Waals surface area contributed by atoms with Crippen LogP contribution in [0.5, 0.6) is 0 Å². The van der Waals surface area contributed by atoms with Crippen molar-refractivity contribution in [3.05, 3.63) is 76.0 Å². The van der Waals surface area contributed by atoms with Crippen LogP contribution < -0.4 is 10.6 Å². The van der Waals surface area contributed by atoms with Gasteiger partial charge in [-0.2, -0.15) is 5.26 Å². The van der Waals surface area contributed by atoms with E-state index < -0.39 is 10.8 Å². The van der Waals surface area contributed by atoms with Crippen LogP contribution in [0.1, 0.15) is 26.3 Å². The third kappa shape index (κ3) is 5.16. The summed E-state index contributed by atoms with van der Waals surface area (Å²) in [4.78, 5) is 22.7. The van der Waals surface area contributed by atoms with Crippen molar-refractivity contribution >= 4 is 23.0 Å². The zero-order chi connectivity index (χ0) is 20.0. The Kier molecular flexibility index (Phi) is 5.93. The molecule has 0 aliphatic heterocycles.